The lowest BCUT2D eigenvalue weighted by atomic mass is 9.96. The molecule has 0 aliphatic carbocycles. The second-order valence-electron chi connectivity index (χ2n) is 16.7. The van der Waals surface area contributed by atoms with Gasteiger partial charge in [-0.3, -0.25) is 4.79 Å². The number of imide groups is 1. The van der Waals surface area contributed by atoms with Crippen molar-refractivity contribution in [2.24, 2.45) is 17.4 Å². The summed E-state index contributed by atoms with van der Waals surface area (Å²) in [5, 5.41) is 0. The van der Waals surface area contributed by atoms with Crippen LogP contribution in [-0.4, -0.2) is 41.5 Å². The van der Waals surface area contributed by atoms with Crippen molar-refractivity contribution in [2.45, 2.75) is 226 Å². The first-order valence-corrected chi connectivity index (χ1v) is 22.9. The number of unbranched alkanes of at least 4 members (excludes halogenated alkanes) is 25. The Morgan fingerprint density at radius 1 is 0.574 bits per heavy atom. The fraction of sp³-hybridized carbons (Fsp3) is 0.809. The predicted molar refractivity (Wildman–Crippen MR) is 228 cm³/mol. The molecule has 0 radical (unpaired) electrons. The number of ether oxygens (including phenoxy) is 1. The van der Waals surface area contributed by atoms with Crippen LogP contribution in [0.1, 0.15) is 219 Å². The fourth-order valence-electron chi connectivity index (χ4n) is 8.02. The summed E-state index contributed by atoms with van der Waals surface area (Å²) in [4.78, 5) is 40.3. The van der Waals surface area contributed by atoms with Crippen LogP contribution in [0.5, 0.6) is 0 Å². The number of primary amides is 1. The van der Waals surface area contributed by atoms with Crippen LogP contribution in [0.2, 0.25) is 0 Å². The summed E-state index contributed by atoms with van der Waals surface area (Å²) < 4.78 is 5.08. The standard InChI is InChI=1S/C47H85N3O4/c1-4-5-6-7-8-9-10-11-12-13-17-20-23-26-32-37-44(38-33-27-24-21-18-15-14-16-19-22-25-29-34-42(2)3)50(40-45(49)51,46(52)39-48)47(53)54-41-43-35-30-28-31-36-43/h28,30-31,35-36,42,44H,4-27,29,32-34,37-41,48H2,1-3H3,(H-,49,51)/p+1. The van der Waals surface area contributed by atoms with Gasteiger partial charge in [0.1, 0.15) is 19.2 Å². The summed E-state index contributed by atoms with van der Waals surface area (Å²) in [7, 11) is 0. The van der Waals surface area contributed by atoms with Crippen LogP contribution in [0.25, 0.3) is 0 Å². The Hall–Kier alpha value is -2.25. The molecule has 7 nitrogen and oxygen atoms in total. The van der Waals surface area contributed by atoms with Crippen molar-refractivity contribution in [3.63, 3.8) is 0 Å². The maximum Gasteiger partial charge on any atom is 0.524 e. The van der Waals surface area contributed by atoms with Crippen LogP contribution >= 0.6 is 0 Å². The van der Waals surface area contributed by atoms with Gasteiger partial charge in [-0.15, -0.1) is 4.48 Å². The van der Waals surface area contributed by atoms with Crippen LogP contribution in [0.15, 0.2) is 30.3 Å². The number of amides is 3. The lowest BCUT2D eigenvalue weighted by Gasteiger charge is -2.38. The molecule has 0 spiro atoms. The van der Waals surface area contributed by atoms with Gasteiger partial charge in [-0.25, -0.2) is 4.79 Å². The fourth-order valence-corrected chi connectivity index (χ4v) is 8.02. The van der Waals surface area contributed by atoms with E-state index in [0.29, 0.717) is 12.8 Å². The molecule has 0 saturated heterocycles. The second kappa shape index (κ2) is 34.0. The molecule has 0 fully saturated rings. The molecule has 0 saturated carbocycles. The minimum atomic E-state index is -0.727. The molecule has 0 bridgehead atoms. The molecule has 3 amide bonds. The van der Waals surface area contributed by atoms with Gasteiger partial charge in [-0.2, -0.15) is 4.79 Å². The summed E-state index contributed by atoms with van der Waals surface area (Å²) in [6, 6.07) is 9.04. The topological polar surface area (TPSA) is 112 Å². The van der Waals surface area contributed by atoms with Crippen molar-refractivity contribution < 1.29 is 23.6 Å². The molecule has 0 aliphatic heterocycles. The molecule has 0 heterocycles. The molecule has 0 aliphatic rings. The molecule has 312 valence electrons. The minimum Gasteiger partial charge on any atom is -0.415 e. The van der Waals surface area contributed by atoms with Gasteiger partial charge in [-0.1, -0.05) is 218 Å². The summed E-state index contributed by atoms with van der Waals surface area (Å²) >= 11 is 0. The van der Waals surface area contributed by atoms with Crippen LogP contribution in [0.4, 0.5) is 4.79 Å². The van der Waals surface area contributed by atoms with E-state index in [1.165, 1.54) is 141 Å². The van der Waals surface area contributed by atoms with Gasteiger partial charge < -0.3 is 16.2 Å². The maximum absolute atomic E-state index is 14.0. The molecular formula is C47H86N3O4+. The van der Waals surface area contributed by atoms with E-state index in [4.69, 9.17) is 16.2 Å². The van der Waals surface area contributed by atoms with E-state index in [2.05, 4.69) is 20.8 Å². The van der Waals surface area contributed by atoms with E-state index in [-0.39, 0.29) is 19.2 Å². The van der Waals surface area contributed by atoms with Crippen molar-refractivity contribution in [1.29, 1.82) is 0 Å². The van der Waals surface area contributed by atoms with E-state index < -0.39 is 28.9 Å². The van der Waals surface area contributed by atoms with Gasteiger partial charge in [-0.05, 0) is 24.3 Å². The average Bonchev–Trinajstić information content (AvgIpc) is 3.16. The van der Waals surface area contributed by atoms with Gasteiger partial charge in [0.2, 0.25) is 0 Å². The van der Waals surface area contributed by atoms with Crippen LogP contribution < -0.4 is 11.5 Å². The molecule has 2 unspecified atom stereocenters. The average molecular weight is 757 g/mol. The quantitative estimate of drug-likeness (QED) is 0.0518. The summed E-state index contributed by atoms with van der Waals surface area (Å²) in [6.07, 6.45) is 36.1. The van der Waals surface area contributed by atoms with Crippen molar-refractivity contribution in [3.05, 3.63) is 35.9 Å². The summed E-state index contributed by atoms with van der Waals surface area (Å²) in [5.41, 5.74) is 12.6. The van der Waals surface area contributed by atoms with Gasteiger partial charge in [0.05, 0.1) is 0 Å². The minimum absolute atomic E-state index is 0.0279. The third kappa shape index (κ3) is 24.3. The first-order chi connectivity index (χ1) is 26.3. The Bertz CT molecular complexity index is 1050. The molecular weight excluding hydrogens is 671 g/mol. The van der Waals surface area contributed by atoms with E-state index in [1.807, 2.05) is 30.3 Å². The van der Waals surface area contributed by atoms with Crippen molar-refractivity contribution in [1.82, 2.24) is 0 Å². The zero-order valence-electron chi connectivity index (χ0n) is 35.6. The second-order valence-corrected chi connectivity index (χ2v) is 16.7. The Labute approximate surface area is 333 Å². The monoisotopic (exact) mass is 757 g/mol. The summed E-state index contributed by atoms with van der Waals surface area (Å²) in [6.45, 7) is 6.16. The van der Waals surface area contributed by atoms with Crippen molar-refractivity contribution in [2.75, 3.05) is 13.1 Å². The molecule has 7 heteroatoms. The van der Waals surface area contributed by atoms with Gasteiger partial charge >= 0.3 is 12.0 Å². The zero-order valence-corrected chi connectivity index (χ0v) is 35.6. The van der Waals surface area contributed by atoms with Gasteiger partial charge in [0.25, 0.3) is 5.91 Å². The van der Waals surface area contributed by atoms with E-state index in [9.17, 15) is 14.4 Å². The summed E-state index contributed by atoms with van der Waals surface area (Å²) in [5.74, 6) is -0.357. The van der Waals surface area contributed by atoms with Crippen molar-refractivity contribution in [3.8, 4) is 0 Å². The highest BCUT2D eigenvalue weighted by Crippen LogP contribution is 2.28. The predicted octanol–water partition coefficient (Wildman–Crippen LogP) is 12.9. The number of nitrogens with two attached hydrogens (primary N) is 2. The van der Waals surface area contributed by atoms with Gasteiger partial charge in [0, 0.05) is 12.8 Å². The highest BCUT2D eigenvalue weighted by atomic mass is 16.6. The lowest BCUT2D eigenvalue weighted by molar-refractivity contribution is -0.802. The molecule has 1 aromatic carbocycles. The largest absolute Gasteiger partial charge is 0.524 e. The Kier molecular flexibility index (Phi) is 31.4. The number of benzene rings is 1. The molecule has 1 rings (SSSR count). The molecule has 2 atom stereocenters. The number of carbonyl (C=O) groups is 3. The number of quaternary nitrogens is 1. The van der Waals surface area contributed by atoms with E-state index >= 15 is 0 Å². The molecule has 4 N–H and O–H groups in total. The van der Waals surface area contributed by atoms with E-state index in [1.54, 1.807) is 0 Å². The highest BCUT2D eigenvalue weighted by molar-refractivity contribution is 5.87. The Morgan fingerprint density at radius 2 is 0.944 bits per heavy atom. The molecule has 0 aromatic heterocycles. The number of rotatable bonds is 37. The number of hydrogen-bond acceptors (Lipinski definition) is 5. The molecule has 54 heavy (non-hydrogen) atoms. The molecule has 1 aromatic rings. The van der Waals surface area contributed by atoms with Crippen LogP contribution in [0.3, 0.4) is 0 Å². The maximum atomic E-state index is 14.0. The first kappa shape index (κ1) is 49.8. The smallest absolute Gasteiger partial charge is 0.415 e. The first-order valence-electron chi connectivity index (χ1n) is 22.9. The Morgan fingerprint density at radius 3 is 1.30 bits per heavy atom. The van der Waals surface area contributed by atoms with Crippen LogP contribution in [-0.2, 0) is 20.9 Å². The van der Waals surface area contributed by atoms with Gasteiger partial charge in [0.15, 0.2) is 6.54 Å². The van der Waals surface area contributed by atoms with E-state index in [0.717, 1.165) is 50.0 Å². The zero-order chi connectivity index (χ0) is 39.5. The van der Waals surface area contributed by atoms with Crippen LogP contribution in [0, 0.1) is 5.92 Å². The number of carbonyl (C=O) groups excluding carboxylic acids is 3. The normalized spacial score (nSPS) is 13.2. The Balaban J connectivity index is 2.67. The van der Waals surface area contributed by atoms with Crippen molar-refractivity contribution >= 4 is 17.9 Å². The third-order valence-corrected chi connectivity index (χ3v) is 11.4. The number of nitrogens with zero attached hydrogens (tertiary/aromatic N) is 1. The third-order valence-electron chi connectivity index (χ3n) is 11.4. The SMILES string of the molecule is CCCCCCCCCCCCCCCCCC(CCCCCCCCCCCCCCC(C)C)[N+](CC(N)=O)(C(=O)CN)C(=O)OCc1ccccc1. The lowest BCUT2D eigenvalue weighted by Crippen LogP contribution is -2.67. The number of hydrogen-bond donors (Lipinski definition) is 2. The highest BCUT2D eigenvalue weighted by Gasteiger charge is 2.52.